The van der Waals surface area contributed by atoms with Gasteiger partial charge in [0.15, 0.2) is 0 Å². The molecule has 19 heavy (non-hydrogen) atoms. The van der Waals surface area contributed by atoms with E-state index in [2.05, 4.69) is 10.8 Å². The monoisotopic (exact) mass is 334 g/mol. The molecule has 0 amide bonds. The molecule has 0 aromatic rings. The van der Waals surface area contributed by atoms with E-state index in [0.717, 1.165) is 11.5 Å². The molecule has 0 radical (unpaired) electrons. The van der Waals surface area contributed by atoms with Crippen LogP contribution in [-0.2, 0) is 0 Å². The van der Waals surface area contributed by atoms with Crippen LogP contribution in [0.1, 0.15) is 38.5 Å². The first-order valence-corrected chi connectivity index (χ1v) is 10.9. The molecule has 0 heterocycles. The Morgan fingerprint density at radius 3 is 1.42 bits per heavy atom. The summed E-state index contributed by atoms with van der Waals surface area (Å²) in [5, 5.41) is 22.1. The van der Waals surface area contributed by atoms with Crippen molar-refractivity contribution in [3.63, 3.8) is 0 Å². The predicted molar refractivity (Wildman–Crippen MR) is 93.6 cm³/mol. The molecule has 0 aromatic carbocycles. The maximum Gasteiger partial charge on any atom is 0.133 e. The average molecular weight is 335 g/mol. The molecule has 0 spiro atoms. The number of nitrogens with zero attached hydrogens (tertiary/aromatic N) is 2. The van der Waals surface area contributed by atoms with Crippen LogP contribution in [0.4, 0.5) is 0 Å². The molecule has 0 aromatic heterocycles. The second-order valence-electron chi connectivity index (χ2n) is 3.94. The molecule has 0 bridgehead atoms. The topological polar surface area (TPSA) is 47.6 Å². The normalized spacial score (nSPS) is 10.0. The summed E-state index contributed by atoms with van der Waals surface area (Å²) < 4.78 is 0. The van der Waals surface area contributed by atoms with Crippen molar-refractivity contribution < 1.29 is 0 Å². The van der Waals surface area contributed by atoms with Crippen LogP contribution < -0.4 is 0 Å². The minimum Gasteiger partial charge on any atom is -0.185 e. The summed E-state index contributed by atoms with van der Waals surface area (Å²) in [5.41, 5.74) is 0. The van der Waals surface area contributed by atoms with Gasteiger partial charge in [-0.25, -0.2) is 0 Å². The molecule has 2 nitrogen and oxygen atoms in total. The van der Waals surface area contributed by atoms with E-state index in [9.17, 15) is 0 Å². The fourth-order valence-electron chi connectivity index (χ4n) is 1.38. The lowest BCUT2D eigenvalue weighted by molar-refractivity contribution is 0.786. The minimum atomic E-state index is 0.986. The SMILES string of the molecule is N#CSCCCCCSCSCCCCCSC#N. The van der Waals surface area contributed by atoms with Crippen LogP contribution in [0.5, 0.6) is 0 Å². The molecule has 0 saturated carbocycles. The maximum absolute atomic E-state index is 8.36. The molecule has 0 saturated heterocycles. The molecule has 0 unspecified atom stereocenters. The van der Waals surface area contributed by atoms with Gasteiger partial charge in [0.25, 0.3) is 0 Å². The third-order valence-corrected chi connectivity index (χ3v) is 6.10. The minimum absolute atomic E-state index is 0.986. The highest BCUT2D eigenvalue weighted by Crippen LogP contribution is 2.16. The number of unbranched alkanes of at least 4 members (excludes halogenated alkanes) is 4. The Labute approximate surface area is 134 Å². The van der Waals surface area contributed by atoms with Gasteiger partial charge < -0.3 is 0 Å². The summed E-state index contributed by atoms with van der Waals surface area (Å²) in [4.78, 5) is 0. The van der Waals surface area contributed by atoms with E-state index in [1.54, 1.807) is 0 Å². The van der Waals surface area contributed by atoms with Crippen LogP contribution in [0, 0.1) is 21.3 Å². The van der Waals surface area contributed by atoms with Crippen molar-refractivity contribution >= 4 is 47.0 Å². The van der Waals surface area contributed by atoms with E-state index < -0.39 is 0 Å². The second-order valence-corrected chi connectivity index (χ2v) is 8.27. The number of hydrogen-bond donors (Lipinski definition) is 0. The summed E-state index contributed by atoms with van der Waals surface area (Å²) in [6.07, 6.45) is 7.41. The van der Waals surface area contributed by atoms with Crippen LogP contribution in [0.3, 0.4) is 0 Å². The molecule has 0 rings (SSSR count). The van der Waals surface area contributed by atoms with Gasteiger partial charge in [-0.15, -0.1) is 0 Å². The highest BCUT2D eigenvalue weighted by Gasteiger charge is 1.94. The Morgan fingerprint density at radius 2 is 1.00 bits per heavy atom. The first-order valence-electron chi connectivity index (χ1n) is 6.59. The maximum atomic E-state index is 8.36. The lowest BCUT2D eigenvalue weighted by atomic mass is 10.3. The number of thioether (sulfide) groups is 4. The molecule has 0 N–H and O–H groups in total. The first-order chi connectivity index (χ1) is 9.41. The van der Waals surface area contributed by atoms with Crippen LogP contribution in [-0.4, -0.2) is 28.1 Å². The van der Waals surface area contributed by atoms with Crippen molar-refractivity contribution in [1.82, 2.24) is 0 Å². The Balaban J connectivity index is 2.92. The zero-order valence-corrected chi connectivity index (χ0v) is 14.6. The van der Waals surface area contributed by atoms with Crippen molar-refractivity contribution in [2.45, 2.75) is 38.5 Å². The van der Waals surface area contributed by atoms with Gasteiger partial charge in [-0.05, 0) is 60.7 Å². The molecule has 6 heteroatoms. The molecule has 108 valence electrons. The Morgan fingerprint density at radius 1 is 0.579 bits per heavy atom. The standard InChI is InChI=1S/C13H22N2S4/c14-11-16-7-3-1-5-9-18-13-19-10-6-2-4-8-17-12-15/h1-10,13H2. The van der Waals surface area contributed by atoms with Crippen molar-refractivity contribution in [1.29, 1.82) is 10.5 Å². The Kier molecular flexibility index (Phi) is 18.7. The molecular formula is C13H22N2S4. The smallest absolute Gasteiger partial charge is 0.133 e. The van der Waals surface area contributed by atoms with E-state index in [-0.39, 0.29) is 0 Å². The van der Waals surface area contributed by atoms with Gasteiger partial charge in [-0.2, -0.15) is 34.0 Å². The molecular weight excluding hydrogens is 312 g/mol. The van der Waals surface area contributed by atoms with Crippen molar-refractivity contribution in [2.75, 3.05) is 28.1 Å². The number of thiocyanates is 2. The van der Waals surface area contributed by atoms with E-state index in [1.807, 2.05) is 23.5 Å². The Hall–Kier alpha value is 0.380. The summed E-state index contributed by atoms with van der Waals surface area (Å²) in [6.45, 7) is 0. The Bertz CT molecular complexity index is 234. The van der Waals surface area contributed by atoms with Gasteiger partial charge in [-0.3, -0.25) is 0 Å². The summed E-state index contributed by atoms with van der Waals surface area (Å²) in [6, 6.07) is 0. The number of hydrogen-bond acceptors (Lipinski definition) is 6. The largest absolute Gasteiger partial charge is 0.185 e. The van der Waals surface area contributed by atoms with Crippen molar-refractivity contribution in [2.24, 2.45) is 0 Å². The van der Waals surface area contributed by atoms with Crippen LogP contribution >= 0.6 is 47.0 Å². The van der Waals surface area contributed by atoms with Crippen LogP contribution in [0.15, 0.2) is 0 Å². The van der Waals surface area contributed by atoms with Crippen molar-refractivity contribution in [3.8, 4) is 10.8 Å². The zero-order valence-electron chi connectivity index (χ0n) is 11.3. The second kappa shape index (κ2) is 18.4. The van der Waals surface area contributed by atoms with E-state index in [0.29, 0.717) is 0 Å². The summed E-state index contributed by atoms with van der Waals surface area (Å²) in [7, 11) is 0. The number of nitriles is 2. The highest BCUT2D eigenvalue weighted by atomic mass is 32.2. The van der Waals surface area contributed by atoms with E-state index >= 15 is 0 Å². The molecule has 0 fully saturated rings. The third kappa shape index (κ3) is 18.4. The van der Waals surface area contributed by atoms with E-state index in [1.165, 1.54) is 78.6 Å². The number of rotatable bonds is 14. The summed E-state index contributed by atoms with van der Waals surface area (Å²) in [5.74, 6) is 4.48. The van der Waals surface area contributed by atoms with Gasteiger partial charge in [0.1, 0.15) is 10.8 Å². The lowest BCUT2D eigenvalue weighted by Crippen LogP contribution is -1.86. The van der Waals surface area contributed by atoms with Crippen LogP contribution in [0.25, 0.3) is 0 Å². The van der Waals surface area contributed by atoms with Gasteiger partial charge in [0.05, 0.1) is 0 Å². The fraction of sp³-hybridized carbons (Fsp3) is 0.846. The van der Waals surface area contributed by atoms with Crippen LogP contribution in [0.2, 0.25) is 0 Å². The van der Waals surface area contributed by atoms with Gasteiger partial charge in [-0.1, -0.05) is 12.8 Å². The zero-order chi connectivity index (χ0) is 14.0. The lowest BCUT2D eigenvalue weighted by Gasteiger charge is -2.02. The average Bonchev–Trinajstić information content (AvgIpc) is 2.43. The van der Waals surface area contributed by atoms with Gasteiger partial charge in [0.2, 0.25) is 0 Å². The van der Waals surface area contributed by atoms with Crippen molar-refractivity contribution in [3.05, 3.63) is 0 Å². The summed E-state index contributed by atoms with van der Waals surface area (Å²) >= 11 is 6.80. The third-order valence-electron chi connectivity index (χ3n) is 2.37. The quantitative estimate of drug-likeness (QED) is 0.248. The molecule has 0 aliphatic rings. The highest BCUT2D eigenvalue weighted by molar-refractivity contribution is 8.15. The van der Waals surface area contributed by atoms with E-state index in [4.69, 9.17) is 10.5 Å². The fourth-order valence-corrected chi connectivity index (χ4v) is 4.49. The predicted octanol–water partition coefficient (Wildman–Crippen LogP) is 5.18. The molecule has 0 aliphatic carbocycles. The first kappa shape index (κ1) is 19.4. The molecule has 0 atom stereocenters. The van der Waals surface area contributed by atoms with Gasteiger partial charge in [0, 0.05) is 16.6 Å². The van der Waals surface area contributed by atoms with Gasteiger partial charge >= 0.3 is 0 Å². The molecule has 0 aliphatic heterocycles.